The lowest BCUT2D eigenvalue weighted by Gasteiger charge is -2.32. The highest BCUT2D eigenvalue weighted by Gasteiger charge is 2.30. The average molecular weight is 200 g/mol. The summed E-state index contributed by atoms with van der Waals surface area (Å²) < 4.78 is 0. The number of ketones is 1. The van der Waals surface area contributed by atoms with Crippen molar-refractivity contribution in [3.05, 3.63) is 48.0 Å². The monoisotopic (exact) mass is 200 g/mol. The SMILES string of the molecule is CC[C@@]1(c2ccccc2)C=CC(=O)CC1. The number of allylic oxidation sites excluding steroid dienone is 2. The van der Waals surface area contributed by atoms with Crippen LogP contribution in [0, 0.1) is 0 Å². The maximum atomic E-state index is 11.2. The zero-order valence-corrected chi connectivity index (χ0v) is 9.07. The maximum absolute atomic E-state index is 11.2. The Kier molecular flexibility index (Phi) is 2.72. The first-order valence-corrected chi connectivity index (χ1v) is 5.54. The maximum Gasteiger partial charge on any atom is 0.155 e. The molecule has 15 heavy (non-hydrogen) atoms. The number of carbonyl (C=O) groups is 1. The van der Waals surface area contributed by atoms with Gasteiger partial charge in [0, 0.05) is 11.8 Å². The first-order valence-electron chi connectivity index (χ1n) is 5.54. The van der Waals surface area contributed by atoms with Gasteiger partial charge in [-0.05, 0) is 24.5 Å². The van der Waals surface area contributed by atoms with Crippen LogP contribution in [0.2, 0.25) is 0 Å². The molecule has 1 aromatic rings. The van der Waals surface area contributed by atoms with Gasteiger partial charge in [-0.15, -0.1) is 0 Å². The minimum Gasteiger partial charge on any atom is -0.295 e. The van der Waals surface area contributed by atoms with Crippen molar-refractivity contribution in [3.8, 4) is 0 Å². The predicted octanol–water partition coefficient (Wildman–Crippen LogP) is 3.25. The molecule has 78 valence electrons. The van der Waals surface area contributed by atoms with Crippen LogP contribution in [0.1, 0.15) is 31.7 Å². The summed E-state index contributed by atoms with van der Waals surface area (Å²) in [6, 6.07) is 10.5. The lowest BCUT2D eigenvalue weighted by Crippen LogP contribution is -2.26. The summed E-state index contributed by atoms with van der Waals surface area (Å²) in [6.45, 7) is 2.19. The molecule has 2 rings (SSSR count). The summed E-state index contributed by atoms with van der Waals surface area (Å²) in [5.74, 6) is 0.259. The Bertz CT molecular complexity index is 378. The van der Waals surface area contributed by atoms with Crippen LogP contribution in [-0.4, -0.2) is 5.78 Å². The van der Waals surface area contributed by atoms with Crippen LogP contribution in [0.25, 0.3) is 0 Å². The largest absolute Gasteiger partial charge is 0.295 e. The molecule has 0 spiro atoms. The molecular weight excluding hydrogens is 184 g/mol. The molecule has 0 aromatic heterocycles. The first kappa shape index (κ1) is 10.2. The Balaban J connectivity index is 2.39. The van der Waals surface area contributed by atoms with E-state index in [1.165, 1.54) is 5.56 Å². The molecule has 0 amide bonds. The lowest BCUT2D eigenvalue weighted by atomic mass is 9.71. The topological polar surface area (TPSA) is 17.1 Å². The van der Waals surface area contributed by atoms with Crippen molar-refractivity contribution in [1.82, 2.24) is 0 Å². The average Bonchev–Trinajstić information content (AvgIpc) is 2.32. The molecular formula is C14H16O. The second-order valence-corrected chi connectivity index (χ2v) is 4.18. The van der Waals surface area contributed by atoms with Gasteiger partial charge in [0.15, 0.2) is 5.78 Å². The molecule has 1 aliphatic carbocycles. The third kappa shape index (κ3) is 1.87. The standard InChI is InChI=1S/C14H16O/c1-2-14(10-8-13(15)9-11-14)12-6-4-3-5-7-12/h3-8,10H,2,9,11H2,1H3/t14-/m1/s1. The van der Waals surface area contributed by atoms with E-state index < -0.39 is 0 Å². The van der Waals surface area contributed by atoms with E-state index in [1.807, 2.05) is 6.07 Å². The Morgan fingerprint density at radius 3 is 2.53 bits per heavy atom. The van der Waals surface area contributed by atoms with Gasteiger partial charge in [0.25, 0.3) is 0 Å². The Morgan fingerprint density at radius 1 is 1.27 bits per heavy atom. The summed E-state index contributed by atoms with van der Waals surface area (Å²) in [5, 5.41) is 0. The molecule has 1 heteroatoms. The zero-order chi connectivity index (χ0) is 10.7. The third-order valence-corrected chi connectivity index (χ3v) is 3.39. The van der Waals surface area contributed by atoms with Gasteiger partial charge in [-0.2, -0.15) is 0 Å². The summed E-state index contributed by atoms with van der Waals surface area (Å²) in [5.41, 5.74) is 1.42. The van der Waals surface area contributed by atoms with Crippen molar-refractivity contribution in [2.45, 2.75) is 31.6 Å². The molecule has 0 radical (unpaired) electrons. The second-order valence-electron chi connectivity index (χ2n) is 4.18. The molecule has 0 bridgehead atoms. The molecule has 0 unspecified atom stereocenters. The molecule has 0 fully saturated rings. The number of hydrogen-bond acceptors (Lipinski definition) is 1. The first-order chi connectivity index (χ1) is 7.27. The highest BCUT2D eigenvalue weighted by Crippen LogP contribution is 2.36. The zero-order valence-electron chi connectivity index (χ0n) is 9.07. The van der Waals surface area contributed by atoms with Crippen molar-refractivity contribution in [2.75, 3.05) is 0 Å². The van der Waals surface area contributed by atoms with Crippen LogP contribution in [-0.2, 0) is 10.2 Å². The van der Waals surface area contributed by atoms with Gasteiger partial charge >= 0.3 is 0 Å². The lowest BCUT2D eigenvalue weighted by molar-refractivity contribution is -0.115. The molecule has 1 atom stereocenters. The van der Waals surface area contributed by atoms with E-state index in [0.717, 1.165) is 12.8 Å². The van der Waals surface area contributed by atoms with E-state index in [2.05, 4.69) is 37.3 Å². The minimum absolute atomic E-state index is 0.0924. The highest BCUT2D eigenvalue weighted by molar-refractivity contribution is 5.91. The van der Waals surface area contributed by atoms with Crippen molar-refractivity contribution in [2.24, 2.45) is 0 Å². The van der Waals surface area contributed by atoms with Crippen LogP contribution >= 0.6 is 0 Å². The van der Waals surface area contributed by atoms with Gasteiger partial charge < -0.3 is 0 Å². The number of carbonyl (C=O) groups excluding carboxylic acids is 1. The third-order valence-electron chi connectivity index (χ3n) is 3.39. The van der Waals surface area contributed by atoms with Crippen LogP contribution in [0.15, 0.2) is 42.5 Å². The Morgan fingerprint density at radius 2 is 2.00 bits per heavy atom. The summed E-state index contributed by atoms with van der Waals surface area (Å²) >= 11 is 0. The van der Waals surface area contributed by atoms with E-state index in [0.29, 0.717) is 6.42 Å². The van der Waals surface area contributed by atoms with Crippen LogP contribution in [0.3, 0.4) is 0 Å². The predicted molar refractivity (Wildman–Crippen MR) is 61.8 cm³/mol. The fourth-order valence-corrected chi connectivity index (χ4v) is 2.27. The molecule has 0 N–H and O–H groups in total. The second kappa shape index (κ2) is 4.01. The Labute approximate surface area is 90.8 Å². The van der Waals surface area contributed by atoms with E-state index in [1.54, 1.807) is 6.08 Å². The van der Waals surface area contributed by atoms with Gasteiger partial charge in [-0.3, -0.25) is 4.79 Å². The van der Waals surface area contributed by atoms with Gasteiger partial charge in [-0.1, -0.05) is 43.3 Å². The number of hydrogen-bond donors (Lipinski definition) is 0. The van der Waals surface area contributed by atoms with Crippen LogP contribution in [0.5, 0.6) is 0 Å². The van der Waals surface area contributed by atoms with Gasteiger partial charge in [-0.25, -0.2) is 0 Å². The quantitative estimate of drug-likeness (QED) is 0.716. The molecule has 1 aliphatic rings. The van der Waals surface area contributed by atoms with Crippen molar-refractivity contribution >= 4 is 5.78 Å². The van der Waals surface area contributed by atoms with Crippen LogP contribution in [0.4, 0.5) is 0 Å². The van der Waals surface area contributed by atoms with E-state index >= 15 is 0 Å². The van der Waals surface area contributed by atoms with Gasteiger partial charge in [0.2, 0.25) is 0 Å². The molecule has 0 heterocycles. The van der Waals surface area contributed by atoms with Crippen molar-refractivity contribution in [1.29, 1.82) is 0 Å². The number of benzene rings is 1. The molecule has 0 saturated heterocycles. The van der Waals surface area contributed by atoms with Crippen molar-refractivity contribution < 1.29 is 4.79 Å². The van der Waals surface area contributed by atoms with E-state index in [-0.39, 0.29) is 11.2 Å². The van der Waals surface area contributed by atoms with Gasteiger partial charge in [0.05, 0.1) is 0 Å². The van der Waals surface area contributed by atoms with Gasteiger partial charge in [0.1, 0.15) is 0 Å². The van der Waals surface area contributed by atoms with E-state index in [4.69, 9.17) is 0 Å². The normalized spacial score (nSPS) is 25.5. The number of rotatable bonds is 2. The van der Waals surface area contributed by atoms with Crippen LogP contribution < -0.4 is 0 Å². The highest BCUT2D eigenvalue weighted by atomic mass is 16.1. The summed E-state index contributed by atoms with van der Waals surface area (Å²) in [4.78, 5) is 11.2. The molecule has 1 aromatic carbocycles. The molecule has 1 nitrogen and oxygen atoms in total. The molecule has 0 saturated carbocycles. The summed E-state index contributed by atoms with van der Waals surface area (Å²) in [6.07, 6.45) is 6.52. The van der Waals surface area contributed by atoms with E-state index in [9.17, 15) is 4.79 Å². The fraction of sp³-hybridized carbons (Fsp3) is 0.357. The fourth-order valence-electron chi connectivity index (χ4n) is 2.27. The molecule has 0 aliphatic heterocycles. The Hall–Kier alpha value is -1.37. The smallest absolute Gasteiger partial charge is 0.155 e. The minimum atomic E-state index is 0.0924. The van der Waals surface area contributed by atoms with Crippen molar-refractivity contribution in [3.63, 3.8) is 0 Å². The summed E-state index contributed by atoms with van der Waals surface area (Å²) in [7, 11) is 0.